The highest BCUT2D eigenvalue weighted by atomic mass is 35.5. The first kappa shape index (κ1) is 14.9. The number of carbonyl (C=O) groups is 2. The molecule has 1 saturated carbocycles. The molecule has 2 rings (SSSR count). The summed E-state index contributed by atoms with van der Waals surface area (Å²) in [6.07, 6.45) is 1.93. The molecule has 2 amide bonds. The van der Waals surface area contributed by atoms with Crippen LogP contribution in [0.2, 0.25) is 0 Å². The summed E-state index contributed by atoms with van der Waals surface area (Å²) >= 11 is 5.78. The summed E-state index contributed by atoms with van der Waals surface area (Å²) in [5, 5.41) is 5.67. The molecule has 1 aliphatic carbocycles. The molecule has 0 radical (unpaired) electrons. The molecule has 0 bridgehead atoms. The lowest BCUT2D eigenvalue weighted by atomic mass is 9.95. The summed E-state index contributed by atoms with van der Waals surface area (Å²) in [7, 11) is 0. The van der Waals surface area contributed by atoms with Gasteiger partial charge in [-0.3, -0.25) is 9.59 Å². The molecule has 1 aromatic carbocycles. The Morgan fingerprint density at radius 2 is 1.85 bits per heavy atom. The second kappa shape index (κ2) is 5.83. The zero-order valence-electron chi connectivity index (χ0n) is 11.7. The molecule has 4 nitrogen and oxygen atoms in total. The molecule has 0 heterocycles. The molecule has 1 fully saturated rings. The standard InChI is InChI=1S/C15H19ClN2O2/c1-15(2,9-16)14(20)18-12-5-3-4-11(8-12)17-13(19)10-6-7-10/h3-5,8,10H,6-7,9H2,1-2H3,(H,17,19)(H,18,20). The average molecular weight is 295 g/mol. The van der Waals surface area contributed by atoms with Crippen molar-refractivity contribution in [2.45, 2.75) is 26.7 Å². The van der Waals surface area contributed by atoms with E-state index in [0.717, 1.165) is 12.8 Å². The smallest absolute Gasteiger partial charge is 0.231 e. The molecule has 1 aromatic rings. The fraction of sp³-hybridized carbons (Fsp3) is 0.467. The normalized spacial score (nSPS) is 14.8. The summed E-state index contributed by atoms with van der Waals surface area (Å²) in [6.45, 7) is 3.57. The number of hydrogen-bond donors (Lipinski definition) is 2. The van der Waals surface area contributed by atoms with Gasteiger partial charge in [-0.25, -0.2) is 0 Å². The summed E-state index contributed by atoms with van der Waals surface area (Å²) in [4.78, 5) is 23.7. The van der Waals surface area contributed by atoms with Crippen LogP contribution in [0.4, 0.5) is 11.4 Å². The summed E-state index contributed by atoms with van der Waals surface area (Å²) < 4.78 is 0. The van der Waals surface area contributed by atoms with Gasteiger partial charge in [-0.05, 0) is 44.9 Å². The van der Waals surface area contributed by atoms with E-state index in [1.165, 1.54) is 0 Å². The molecule has 0 atom stereocenters. The van der Waals surface area contributed by atoms with Crippen LogP contribution in [0.25, 0.3) is 0 Å². The van der Waals surface area contributed by atoms with E-state index in [1.807, 2.05) is 6.07 Å². The Labute approximate surface area is 123 Å². The van der Waals surface area contributed by atoms with Crippen molar-refractivity contribution in [2.24, 2.45) is 11.3 Å². The Kier molecular flexibility index (Phi) is 4.33. The first-order chi connectivity index (χ1) is 9.42. The number of amides is 2. The Morgan fingerprint density at radius 1 is 1.25 bits per heavy atom. The molecule has 0 spiro atoms. The van der Waals surface area contributed by atoms with Gasteiger partial charge in [0.2, 0.25) is 11.8 Å². The zero-order chi connectivity index (χ0) is 14.8. The Hall–Kier alpha value is -1.55. The van der Waals surface area contributed by atoms with Gasteiger partial charge in [0.15, 0.2) is 0 Å². The molecule has 0 aromatic heterocycles. The van der Waals surface area contributed by atoms with Crippen LogP contribution in [0.1, 0.15) is 26.7 Å². The van der Waals surface area contributed by atoms with Gasteiger partial charge >= 0.3 is 0 Å². The van der Waals surface area contributed by atoms with Crippen molar-refractivity contribution in [1.82, 2.24) is 0 Å². The van der Waals surface area contributed by atoms with E-state index in [2.05, 4.69) is 10.6 Å². The van der Waals surface area contributed by atoms with Crippen LogP contribution in [0, 0.1) is 11.3 Å². The largest absolute Gasteiger partial charge is 0.326 e. The van der Waals surface area contributed by atoms with Crippen molar-refractivity contribution in [2.75, 3.05) is 16.5 Å². The van der Waals surface area contributed by atoms with Crippen molar-refractivity contribution in [3.63, 3.8) is 0 Å². The van der Waals surface area contributed by atoms with Gasteiger partial charge < -0.3 is 10.6 Å². The molecule has 1 aliphatic rings. The maximum absolute atomic E-state index is 12.0. The lowest BCUT2D eigenvalue weighted by Gasteiger charge is -2.20. The summed E-state index contributed by atoms with van der Waals surface area (Å²) in [6, 6.07) is 7.14. The highest BCUT2D eigenvalue weighted by Gasteiger charge is 2.29. The molecule has 0 unspecified atom stereocenters. The van der Waals surface area contributed by atoms with E-state index in [9.17, 15) is 9.59 Å². The van der Waals surface area contributed by atoms with Gasteiger partial charge in [0.1, 0.15) is 0 Å². The molecule has 20 heavy (non-hydrogen) atoms. The number of carbonyl (C=O) groups excluding carboxylic acids is 2. The third-order valence-electron chi connectivity index (χ3n) is 3.28. The lowest BCUT2D eigenvalue weighted by molar-refractivity contribution is -0.123. The SMILES string of the molecule is CC(C)(CCl)C(=O)Nc1cccc(NC(=O)C2CC2)c1. The summed E-state index contributed by atoms with van der Waals surface area (Å²) in [5.41, 5.74) is 0.722. The van der Waals surface area contributed by atoms with E-state index in [-0.39, 0.29) is 23.6 Å². The van der Waals surface area contributed by atoms with Gasteiger partial charge in [0.25, 0.3) is 0 Å². The number of anilines is 2. The first-order valence-electron chi connectivity index (χ1n) is 6.71. The fourth-order valence-corrected chi connectivity index (χ4v) is 1.75. The second-order valence-electron chi connectivity index (χ2n) is 5.82. The number of halogens is 1. The van der Waals surface area contributed by atoms with Crippen molar-refractivity contribution in [3.8, 4) is 0 Å². The lowest BCUT2D eigenvalue weighted by Crippen LogP contribution is -2.32. The maximum Gasteiger partial charge on any atom is 0.231 e. The van der Waals surface area contributed by atoms with Crippen LogP contribution in [-0.2, 0) is 9.59 Å². The predicted molar refractivity (Wildman–Crippen MR) is 80.9 cm³/mol. The average Bonchev–Trinajstić information content (AvgIpc) is 3.23. The van der Waals surface area contributed by atoms with Crippen molar-refractivity contribution >= 4 is 34.8 Å². The quantitative estimate of drug-likeness (QED) is 0.819. The molecule has 0 saturated heterocycles. The number of rotatable bonds is 5. The van der Waals surface area contributed by atoms with Crippen LogP contribution in [0.5, 0.6) is 0 Å². The molecule has 0 aliphatic heterocycles. The van der Waals surface area contributed by atoms with Gasteiger partial charge in [-0.1, -0.05) is 6.07 Å². The van der Waals surface area contributed by atoms with Crippen molar-refractivity contribution in [3.05, 3.63) is 24.3 Å². The van der Waals surface area contributed by atoms with Crippen LogP contribution in [-0.4, -0.2) is 17.7 Å². The topological polar surface area (TPSA) is 58.2 Å². The van der Waals surface area contributed by atoms with E-state index in [1.54, 1.807) is 32.0 Å². The minimum Gasteiger partial charge on any atom is -0.326 e. The highest BCUT2D eigenvalue weighted by Crippen LogP contribution is 2.30. The minimum absolute atomic E-state index is 0.0505. The van der Waals surface area contributed by atoms with Gasteiger partial charge in [0.05, 0.1) is 5.41 Å². The number of alkyl halides is 1. The third kappa shape index (κ3) is 3.73. The predicted octanol–water partition coefficient (Wildman–Crippen LogP) is 3.24. The third-order valence-corrected chi connectivity index (χ3v) is 3.95. The van der Waals surface area contributed by atoms with Crippen LogP contribution < -0.4 is 10.6 Å². The van der Waals surface area contributed by atoms with E-state index >= 15 is 0 Å². The molecular formula is C15H19ClN2O2. The van der Waals surface area contributed by atoms with Crippen LogP contribution in [0.15, 0.2) is 24.3 Å². The summed E-state index contributed by atoms with van der Waals surface area (Å²) in [5.74, 6) is 0.313. The Balaban J connectivity index is 2.02. The minimum atomic E-state index is -0.630. The van der Waals surface area contributed by atoms with Crippen LogP contribution in [0.3, 0.4) is 0 Å². The Morgan fingerprint density at radius 3 is 2.40 bits per heavy atom. The van der Waals surface area contributed by atoms with E-state index in [4.69, 9.17) is 11.6 Å². The number of benzene rings is 1. The van der Waals surface area contributed by atoms with E-state index in [0.29, 0.717) is 11.4 Å². The van der Waals surface area contributed by atoms with Crippen molar-refractivity contribution < 1.29 is 9.59 Å². The van der Waals surface area contributed by atoms with Gasteiger partial charge in [0, 0.05) is 23.2 Å². The molecule has 5 heteroatoms. The number of hydrogen-bond acceptors (Lipinski definition) is 2. The van der Waals surface area contributed by atoms with E-state index < -0.39 is 5.41 Å². The zero-order valence-corrected chi connectivity index (χ0v) is 12.5. The highest BCUT2D eigenvalue weighted by molar-refractivity contribution is 6.20. The van der Waals surface area contributed by atoms with Gasteiger partial charge in [-0.2, -0.15) is 0 Å². The van der Waals surface area contributed by atoms with Crippen molar-refractivity contribution in [1.29, 1.82) is 0 Å². The monoisotopic (exact) mass is 294 g/mol. The molecule has 2 N–H and O–H groups in total. The molecular weight excluding hydrogens is 276 g/mol. The number of nitrogens with one attached hydrogen (secondary N) is 2. The fourth-order valence-electron chi connectivity index (χ4n) is 1.63. The maximum atomic E-state index is 12.0. The van der Waals surface area contributed by atoms with Crippen LogP contribution >= 0.6 is 11.6 Å². The molecule has 108 valence electrons. The first-order valence-corrected chi connectivity index (χ1v) is 7.24. The second-order valence-corrected chi connectivity index (χ2v) is 6.08. The van der Waals surface area contributed by atoms with Gasteiger partial charge in [-0.15, -0.1) is 11.6 Å². The Bertz CT molecular complexity index is 524.